The lowest BCUT2D eigenvalue weighted by Gasteiger charge is -2.12. The minimum atomic E-state index is -1.34. The zero-order chi connectivity index (χ0) is 14.9. The molecule has 1 aromatic carbocycles. The van der Waals surface area contributed by atoms with Gasteiger partial charge in [0.25, 0.3) is 0 Å². The number of hydrogen-bond acceptors (Lipinski definition) is 4. The van der Waals surface area contributed by atoms with Crippen molar-refractivity contribution in [2.45, 2.75) is 19.8 Å². The molecule has 1 aromatic rings. The van der Waals surface area contributed by atoms with Crippen molar-refractivity contribution in [3.8, 4) is 0 Å². The molecule has 0 amide bonds. The molecule has 20 heavy (non-hydrogen) atoms. The highest BCUT2D eigenvalue weighted by molar-refractivity contribution is 9.10. The van der Waals surface area contributed by atoms with Crippen LogP contribution in [-0.4, -0.2) is 24.6 Å². The summed E-state index contributed by atoms with van der Waals surface area (Å²) in [7, 11) is 0. The first-order chi connectivity index (χ1) is 9.49. The van der Waals surface area contributed by atoms with Crippen LogP contribution in [-0.2, 0) is 19.1 Å². The summed E-state index contributed by atoms with van der Waals surface area (Å²) >= 11 is 3.33. The standard InChI is InChI=1S/C15H15BrO4/c1-3-20-14(19)15(9(2)18)12(8-17)13(15)10-4-6-11(16)7-5-10/h4-8,12-13H,3H2,1-2H3/t12-,13-,15+/m1/s1. The van der Waals surface area contributed by atoms with Crippen molar-refractivity contribution in [1.29, 1.82) is 0 Å². The van der Waals surface area contributed by atoms with Crippen LogP contribution in [0.15, 0.2) is 28.7 Å². The molecule has 0 aromatic heterocycles. The predicted molar refractivity (Wildman–Crippen MR) is 76.2 cm³/mol. The van der Waals surface area contributed by atoms with Gasteiger partial charge in [0.15, 0.2) is 0 Å². The SMILES string of the molecule is CCOC(=O)[C@@]1(C(C)=O)[C@H](C=O)[C@H]1c1ccc(Br)cc1. The molecule has 106 valence electrons. The van der Waals surface area contributed by atoms with Gasteiger partial charge in [0, 0.05) is 16.3 Å². The first-order valence-electron chi connectivity index (χ1n) is 6.39. The van der Waals surface area contributed by atoms with Crippen LogP contribution in [0.3, 0.4) is 0 Å². The quantitative estimate of drug-likeness (QED) is 0.470. The molecule has 0 N–H and O–H groups in total. The van der Waals surface area contributed by atoms with Gasteiger partial charge in [-0.25, -0.2) is 0 Å². The molecule has 0 spiro atoms. The third-order valence-electron chi connectivity index (χ3n) is 3.84. The van der Waals surface area contributed by atoms with Gasteiger partial charge in [0.2, 0.25) is 0 Å². The Kier molecular flexibility index (Phi) is 4.09. The van der Waals surface area contributed by atoms with Crippen molar-refractivity contribution in [2.75, 3.05) is 6.61 Å². The number of Topliss-reactive ketones (excluding diaryl/α,β-unsaturated/α-hetero) is 1. The zero-order valence-electron chi connectivity index (χ0n) is 11.3. The lowest BCUT2D eigenvalue weighted by atomic mass is 9.94. The number of carbonyl (C=O) groups is 3. The van der Waals surface area contributed by atoms with E-state index in [-0.39, 0.29) is 12.4 Å². The van der Waals surface area contributed by atoms with Crippen LogP contribution in [0, 0.1) is 11.3 Å². The number of ether oxygens (including phenoxy) is 1. The van der Waals surface area contributed by atoms with Crippen LogP contribution in [0.25, 0.3) is 0 Å². The van der Waals surface area contributed by atoms with E-state index in [0.717, 1.165) is 10.0 Å². The third kappa shape index (κ3) is 2.10. The molecule has 0 aliphatic heterocycles. The second kappa shape index (κ2) is 5.48. The maximum Gasteiger partial charge on any atom is 0.321 e. The molecule has 0 saturated heterocycles. The minimum Gasteiger partial charge on any atom is -0.465 e. The van der Waals surface area contributed by atoms with Crippen molar-refractivity contribution in [3.05, 3.63) is 34.3 Å². The Labute approximate surface area is 125 Å². The summed E-state index contributed by atoms with van der Waals surface area (Å²) in [6.07, 6.45) is 0.686. The van der Waals surface area contributed by atoms with E-state index in [1.165, 1.54) is 6.92 Å². The lowest BCUT2D eigenvalue weighted by Crippen LogP contribution is -2.30. The first-order valence-corrected chi connectivity index (χ1v) is 7.18. The number of carbonyl (C=O) groups excluding carboxylic acids is 3. The Morgan fingerprint density at radius 3 is 2.40 bits per heavy atom. The molecule has 0 radical (unpaired) electrons. The van der Waals surface area contributed by atoms with Crippen LogP contribution in [0.1, 0.15) is 25.3 Å². The average molecular weight is 339 g/mol. The Hall–Kier alpha value is -1.49. The van der Waals surface area contributed by atoms with Gasteiger partial charge in [-0.15, -0.1) is 0 Å². The van der Waals surface area contributed by atoms with Crippen LogP contribution in [0.4, 0.5) is 0 Å². The lowest BCUT2D eigenvalue weighted by molar-refractivity contribution is -0.154. The van der Waals surface area contributed by atoms with E-state index in [4.69, 9.17) is 4.74 Å². The highest BCUT2D eigenvalue weighted by atomic mass is 79.9. The number of benzene rings is 1. The molecule has 1 fully saturated rings. The third-order valence-corrected chi connectivity index (χ3v) is 4.37. The Morgan fingerprint density at radius 1 is 1.35 bits per heavy atom. The zero-order valence-corrected chi connectivity index (χ0v) is 12.8. The van der Waals surface area contributed by atoms with E-state index in [0.29, 0.717) is 6.29 Å². The van der Waals surface area contributed by atoms with Crippen molar-refractivity contribution >= 4 is 34.0 Å². The molecule has 0 heterocycles. The summed E-state index contributed by atoms with van der Waals surface area (Å²) in [6, 6.07) is 7.28. The van der Waals surface area contributed by atoms with Gasteiger partial charge >= 0.3 is 5.97 Å². The van der Waals surface area contributed by atoms with Gasteiger partial charge in [-0.05, 0) is 31.5 Å². The molecule has 1 saturated carbocycles. The number of halogens is 1. The summed E-state index contributed by atoms with van der Waals surface area (Å²) in [5, 5.41) is 0. The highest BCUT2D eigenvalue weighted by Crippen LogP contribution is 2.65. The van der Waals surface area contributed by atoms with Crippen molar-refractivity contribution in [2.24, 2.45) is 11.3 Å². The van der Waals surface area contributed by atoms with Gasteiger partial charge < -0.3 is 9.53 Å². The van der Waals surface area contributed by atoms with Gasteiger partial charge in [0.1, 0.15) is 17.5 Å². The molecule has 0 unspecified atom stereocenters. The van der Waals surface area contributed by atoms with Crippen molar-refractivity contribution in [3.63, 3.8) is 0 Å². The van der Waals surface area contributed by atoms with E-state index in [2.05, 4.69) is 15.9 Å². The molecule has 2 rings (SSSR count). The van der Waals surface area contributed by atoms with Crippen LogP contribution in [0.5, 0.6) is 0 Å². The Morgan fingerprint density at radius 2 is 1.95 bits per heavy atom. The van der Waals surface area contributed by atoms with E-state index in [1.54, 1.807) is 6.92 Å². The van der Waals surface area contributed by atoms with Crippen molar-refractivity contribution < 1.29 is 19.1 Å². The van der Waals surface area contributed by atoms with Gasteiger partial charge in [0.05, 0.1) is 6.61 Å². The second-order valence-corrected chi connectivity index (χ2v) is 5.75. The van der Waals surface area contributed by atoms with E-state index < -0.39 is 23.2 Å². The monoisotopic (exact) mass is 338 g/mol. The van der Waals surface area contributed by atoms with Crippen LogP contribution in [0.2, 0.25) is 0 Å². The van der Waals surface area contributed by atoms with E-state index in [1.807, 2.05) is 24.3 Å². The maximum atomic E-state index is 12.2. The smallest absolute Gasteiger partial charge is 0.321 e. The number of aldehydes is 1. The Balaban J connectivity index is 2.42. The van der Waals surface area contributed by atoms with Gasteiger partial charge in [-0.3, -0.25) is 9.59 Å². The fourth-order valence-corrected chi connectivity index (χ4v) is 3.12. The Bertz CT molecular complexity index is 551. The van der Waals surface area contributed by atoms with Gasteiger partial charge in [-0.1, -0.05) is 28.1 Å². The predicted octanol–water partition coefficient (Wildman–Crippen LogP) is 2.50. The molecule has 1 aliphatic carbocycles. The summed E-state index contributed by atoms with van der Waals surface area (Å²) in [4.78, 5) is 35.5. The topological polar surface area (TPSA) is 60.4 Å². The minimum absolute atomic E-state index is 0.187. The number of esters is 1. The average Bonchev–Trinajstić information content (AvgIpc) is 3.10. The molecule has 5 heteroatoms. The maximum absolute atomic E-state index is 12.2. The normalized spacial score (nSPS) is 27.8. The molecule has 3 atom stereocenters. The van der Waals surface area contributed by atoms with Crippen molar-refractivity contribution in [1.82, 2.24) is 0 Å². The summed E-state index contributed by atoms with van der Waals surface area (Å²) in [5.41, 5.74) is -0.542. The molecule has 0 bridgehead atoms. The van der Waals surface area contributed by atoms with Crippen LogP contribution < -0.4 is 0 Å². The molecular weight excluding hydrogens is 324 g/mol. The summed E-state index contributed by atoms with van der Waals surface area (Å²) < 4.78 is 5.91. The fraction of sp³-hybridized carbons (Fsp3) is 0.400. The molecule has 1 aliphatic rings. The second-order valence-electron chi connectivity index (χ2n) is 4.84. The number of ketones is 1. The molecule has 4 nitrogen and oxygen atoms in total. The highest BCUT2D eigenvalue weighted by Gasteiger charge is 2.74. The first kappa shape index (κ1) is 14.9. The number of rotatable bonds is 5. The van der Waals surface area contributed by atoms with Gasteiger partial charge in [-0.2, -0.15) is 0 Å². The van der Waals surface area contributed by atoms with E-state index >= 15 is 0 Å². The van der Waals surface area contributed by atoms with Crippen LogP contribution >= 0.6 is 15.9 Å². The van der Waals surface area contributed by atoms with E-state index in [9.17, 15) is 14.4 Å². The number of hydrogen-bond donors (Lipinski definition) is 0. The summed E-state index contributed by atoms with van der Waals surface area (Å²) in [5.74, 6) is -1.98. The molecular formula is C15H15BrO4. The summed E-state index contributed by atoms with van der Waals surface area (Å²) in [6.45, 7) is 3.21. The largest absolute Gasteiger partial charge is 0.465 e. The fourth-order valence-electron chi connectivity index (χ4n) is 2.85.